The van der Waals surface area contributed by atoms with Gasteiger partial charge in [0.15, 0.2) is 0 Å². The summed E-state index contributed by atoms with van der Waals surface area (Å²) < 4.78 is 16.2. The number of rotatable bonds is 12. The predicted molar refractivity (Wildman–Crippen MR) is 71.0 cm³/mol. The molecule has 0 radical (unpaired) electrons. The van der Waals surface area contributed by atoms with Crippen molar-refractivity contribution < 1.29 is 14.2 Å². The fourth-order valence-corrected chi connectivity index (χ4v) is 2.00. The minimum absolute atomic E-state index is 0.609. The van der Waals surface area contributed by atoms with Crippen LogP contribution in [0.25, 0.3) is 0 Å². The lowest BCUT2D eigenvalue weighted by molar-refractivity contribution is -0.363. The van der Waals surface area contributed by atoms with E-state index in [4.69, 9.17) is 14.2 Å². The highest BCUT2D eigenvalue weighted by Crippen LogP contribution is 2.22. The van der Waals surface area contributed by atoms with Crippen LogP contribution in [0.1, 0.15) is 65.2 Å². The zero-order chi connectivity index (χ0) is 13.0. The molecule has 3 heteroatoms. The van der Waals surface area contributed by atoms with E-state index in [0.717, 1.165) is 12.8 Å². The van der Waals surface area contributed by atoms with E-state index in [2.05, 4.69) is 6.92 Å². The second-order valence-corrected chi connectivity index (χ2v) is 4.40. The Kier molecular flexibility index (Phi) is 10.9. The molecule has 0 amide bonds. The molecule has 0 aromatic heterocycles. The summed E-state index contributed by atoms with van der Waals surface area (Å²) in [5.41, 5.74) is 0. The van der Waals surface area contributed by atoms with Crippen molar-refractivity contribution in [1.82, 2.24) is 0 Å². The summed E-state index contributed by atoms with van der Waals surface area (Å²) in [6, 6.07) is 0. The van der Waals surface area contributed by atoms with E-state index in [0.29, 0.717) is 6.61 Å². The van der Waals surface area contributed by atoms with Gasteiger partial charge < -0.3 is 14.2 Å². The summed E-state index contributed by atoms with van der Waals surface area (Å²) in [6.07, 6.45) is 9.80. The molecule has 0 bridgehead atoms. The Morgan fingerprint density at radius 1 is 0.765 bits per heavy atom. The van der Waals surface area contributed by atoms with Crippen LogP contribution in [0, 0.1) is 0 Å². The van der Waals surface area contributed by atoms with Gasteiger partial charge in [-0.3, -0.25) is 0 Å². The number of methoxy groups -OCH3 is 2. The zero-order valence-corrected chi connectivity index (χ0v) is 12.1. The van der Waals surface area contributed by atoms with Crippen LogP contribution in [-0.4, -0.2) is 26.8 Å². The molecule has 0 aliphatic rings. The van der Waals surface area contributed by atoms with E-state index in [9.17, 15) is 0 Å². The van der Waals surface area contributed by atoms with Crippen LogP contribution < -0.4 is 0 Å². The summed E-state index contributed by atoms with van der Waals surface area (Å²) in [7, 11) is 3.28. The van der Waals surface area contributed by atoms with Gasteiger partial charge in [0.2, 0.25) is 0 Å². The maximum atomic E-state index is 5.53. The number of hydrogen-bond donors (Lipinski definition) is 0. The van der Waals surface area contributed by atoms with E-state index in [1.165, 1.54) is 38.5 Å². The van der Waals surface area contributed by atoms with Gasteiger partial charge in [0.25, 0.3) is 5.97 Å². The third-order valence-corrected chi connectivity index (χ3v) is 3.07. The summed E-state index contributed by atoms with van der Waals surface area (Å²) in [5, 5.41) is 0. The maximum absolute atomic E-state index is 5.53. The van der Waals surface area contributed by atoms with Crippen molar-refractivity contribution in [3.63, 3.8) is 0 Å². The number of ether oxygens (including phenoxy) is 3. The van der Waals surface area contributed by atoms with Gasteiger partial charge in [-0.25, -0.2) is 0 Å². The van der Waals surface area contributed by atoms with Gasteiger partial charge in [0.05, 0.1) is 0 Å². The molecule has 0 atom stereocenters. The lowest BCUT2D eigenvalue weighted by Gasteiger charge is -2.29. The molecular weight excluding hydrogens is 216 g/mol. The maximum Gasteiger partial charge on any atom is 0.282 e. The van der Waals surface area contributed by atoms with Crippen LogP contribution in [0.5, 0.6) is 0 Å². The standard InChI is InChI=1S/C14H30O3/c1-5-7-8-9-10-11-12-13-14(15-3,16-4)17-6-2/h5-13H2,1-4H3. The van der Waals surface area contributed by atoms with Gasteiger partial charge in [-0.05, 0) is 13.3 Å². The summed E-state index contributed by atoms with van der Waals surface area (Å²) in [4.78, 5) is 0. The molecular formula is C14H30O3. The van der Waals surface area contributed by atoms with Crippen molar-refractivity contribution in [2.24, 2.45) is 0 Å². The first-order chi connectivity index (χ1) is 8.24. The fourth-order valence-electron chi connectivity index (χ4n) is 2.00. The average molecular weight is 246 g/mol. The molecule has 0 spiro atoms. The minimum Gasteiger partial charge on any atom is -0.331 e. The van der Waals surface area contributed by atoms with Gasteiger partial charge in [-0.1, -0.05) is 45.4 Å². The van der Waals surface area contributed by atoms with Gasteiger partial charge in [0.1, 0.15) is 0 Å². The van der Waals surface area contributed by atoms with Crippen molar-refractivity contribution in [2.75, 3.05) is 20.8 Å². The monoisotopic (exact) mass is 246 g/mol. The van der Waals surface area contributed by atoms with Crippen molar-refractivity contribution in [2.45, 2.75) is 71.2 Å². The quantitative estimate of drug-likeness (QED) is 0.383. The molecule has 17 heavy (non-hydrogen) atoms. The molecule has 0 aromatic rings. The number of hydrogen-bond acceptors (Lipinski definition) is 3. The topological polar surface area (TPSA) is 27.7 Å². The second kappa shape index (κ2) is 11.0. The van der Waals surface area contributed by atoms with E-state index >= 15 is 0 Å². The van der Waals surface area contributed by atoms with Crippen molar-refractivity contribution in [3.8, 4) is 0 Å². The van der Waals surface area contributed by atoms with Crippen molar-refractivity contribution in [3.05, 3.63) is 0 Å². The smallest absolute Gasteiger partial charge is 0.282 e. The van der Waals surface area contributed by atoms with Crippen LogP contribution in [0.15, 0.2) is 0 Å². The summed E-state index contributed by atoms with van der Waals surface area (Å²) >= 11 is 0. The highest BCUT2D eigenvalue weighted by Gasteiger charge is 2.29. The predicted octanol–water partition coefficient (Wildman–Crippen LogP) is 4.11. The highest BCUT2D eigenvalue weighted by atomic mass is 16.9. The first kappa shape index (κ1) is 16.9. The van der Waals surface area contributed by atoms with E-state index in [-0.39, 0.29) is 0 Å². The van der Waals surface area contributed by atoms with Gasteiger partial charge in [-0.15, -0.1) is 0 Å². The largest absolute Gasteiger partial charge is 0.331 e. The molecule has 0 saturated heterocycles. The highest BCUT2D eigenvalue weighted by molar-refractivity contribution is 4.57. The van der Waals surface area contributed by atoms with E-state index < -0.39 is 5.97 Å². The molecule has 0 N–H and O–H groups in total. The van der Waals surface area contributed by atoms with Crippen molar-refractivity contribution >= 4 is 0 Å². The zero-order valence-electron chi connectivity index (χ0n) is 12.1. The molecule has 0 aliphatic heterocycles. The third-order valence-electron chi connectivity index (χ3n) is 3.07. The molecule has 0 saturated carbocycles. The molecule has 0 aromatic carbocycles. The Labute approximate surface area is 107 Å². The first-order valence-corrected chi connectivity index (χ1v) is 6.99. The van der Waals surface area contributed by atoms with E-state index in [1.54, 1.807) is 14.2 Å². The number of unbranched alkanes of at least 4 members (excludes halogenated alkanes) is 6. The van der Waals surface area contributed by atoms with Crippen LogP contribution in [0.3, 0.4) is 0 Å². The lowest BCUT2D eigenvalue weighted by Crippen LogP contribution is -2.37. The summed E-state index contributed by atoms with van der Waals surface area (Å²) in [6.45, 7) is 4.81. The Morgan fingerprint density at radius 3 is 1.76 bits per heavy atom. The minimum atomic E-state index is -0.821. The summed E-state index contributed by atoms with van der Waals surface area (Å²) in [5.74, 6) is -0.821. The Hall–Kier alpha value is -0.120. The van der Waals surface area contributed by atoms with Crippen LogP contribution in [0.4, 0.5) is 0 Å². The van der Waals surface area contributed by atoms with Gasteiger partial charge in [-0.2, -0.15) is 0 Å². The van der Waals surface area contributed by atoms with Gasteiger partial charge in [0, 0.05) is 27.2 Å². The average Bonchev–Trinajstić information content (AvgIpc) is 2.36. The van der Waals surface area contributed by atoms with Crippen LogP contribution >= 0.6 is 0 Å². The molecule has 0 unspecified atom stereocenters. The molecule has 3 nitrogen and oxygen atoms in total. The SMILES string of the molecule is CCCCCCCCCC(OC)(OC)OCC. The molecule has 0 heterocycles. The fraction of sp³-hybridized carbons (Fsp3) is 1.00. The Bertz CT molecular complexity index is 156. The lowest BCUT2D eigenvalue weighted by atomic mass is 10.1. The Morgan fingerprint density at radius 2 is 1.29 bits per heavy atom. The van der Waals surface area contributed by atoms with Crippen molar-refractivity contribution in [1.29, 1.82) is 0 Å². The van der Waals surface area contributed by atoms with E-state index in [1.807, 2.05) is 6.92 Å². The Balaban J connectivity index is 3.61. The van der Waals surface area contributed by atoms with Gasteiger partial charge >= 0.3 is 0 Å². The normalized spacial score (nSPS) is 12.0. The molecule has 0 rings (SSSR count). The molecule has 0 fully saturated rings. The molecule has 0 aliphatic carbocycles. The first-order valence-electron chi connectivity index (χ1n) is 6.99. The molecule has 104 valence electrons. The third kappa shape index (κ3) is 7.74. The van der Waals surface area contributed by atoms with Crippen LogP contribution in [-0.2, 0) is 14.2 Å². The van der Waals surface area contributed by atoms with Crippen LogP contribution in [0.2, 0.25) is 0 Å². The second-order valence-electron chi connectivity index (χ2n) is 4.40.